The van der Waals surface area contributed by atoms with Crippen molar-refractivity contribution < 1.29 is 14.3 Å². The molecule has 0 saturated carbocycles. The molecule has 1 aromatic rings. The van der Waals surface area contributed by atoms with Crippen LogP contribution in [0.15, 0.2) is 12.1 Å². The smallest absolute Gasteiger partial charge is 0.231 e. The molecule has 6 heteroatoms. The van der Waals surface area contributed by atoms with Gasteiger partial charge in [-0.25, -0.2) is 0 Å². The minimum atomic E-state index is -0.0576. The highest BCUT2D eigenvalue weighted by Crippen LogP contribution is 2.39. The van der Waals surface area contributed by atoms with Crippen molar-refractivity contribution in [3.05, 3.63) is 17.2 Å². The van der Waals surface area contributed by atoms with Crippen LogP contribution < -0.4 is 20.5 Å². The number of hydrogen-bond acceptors (Lipinski definition) is 4. The number of amides is 1. The monoisotopic (exact) mass is 284 g/mol. The van der Waals surface area contributed by atoms with Crippen molar-refractivity contribution >= 4 is 23.2 Å². The van der Waals surface area contributed by atoms with E-state index in [2.05, 4.69) is 5.32 Å². The molecule has 0 atom stereocenters. The van der Waals surface area contributed by atoms with E-state index in [1.165, 1.54) is 0 Å². The highest BCUT2D eigenvalue weighted by Gasteiger charge is 2.17. The summed E-state index contributed by atoms with van der Waals surface area (Å²) >= 11 is 6.07. The van der Waals surface area contributed by atoms with Gasteiger partial charge in [-0.05, 0) is 19.4 Å². The lowest BCUT2D eigenvalue weighted by Crippen LogP contribution is -2.11. The van der Waals surface area contributed by atoms with Gasteiger partial charge in [0.2, 0.25) is 12.7 Å². The van der Waals surface area contributed by atoms with Crippen molar-refractivity contribution in [2.45, 2.75) is 25.7 Å². The summed E-state index contributed by atoms with van der Waals surface area (Å²) in [5.41, 5.74) is 5.95. The zero-order chi connectivity index (χ0) is 13.7. The fourth-order valence-corrected chi connectivity index (χ4v) is 2.03. The summed E-state index contributed by atoms with van der Waals surface area (Å²) in [7, 11) is 0. The molecular weight excluding hydrogens is 268 g/mol. The minimum absolute atomic E-state index is 0.0576. The zero-order valence-corrected chi connectivity index (χ0v) is 11.3. The fraction of sp³-hybridized carbons (Fsp3) is 0.462. The van der Waals surface area contributed by atoms with Gasteiger partial charge in [0.1, 0.15) is 0 Å². The van der Waals surface area contributed by atoms with Crippen molar-refractivity contribution in [2.24, 2.45) is 5.73 Å². The van der Waals surface area contributed by atoms with E-state index in [-0.39, 0.29) is 12.7 Å². The Morgan fingerprint density at radius 3 is 2.74 bits per heavy atom. The summed E-state index contributed by atoms with van der Waals surface area (Å²) < 4.78 is 10.4. The molecule has 0 aliphatic carbocycles. The van der Waals surface area contributed by atoms with Crippen LogP contribution >= 0.6 is 11.6 Å². The topological polar surface area (TPSA) is 73.6 Å². The maximum Gasteiger partial charge on any atom is 0.231 e. The number of halogens is 1. The predicted molar refractivity (Wildman–Crippen MR) is 73.7 cm³/mol. The number of ether oxygens (including phenoxy) is 2. The second kappa shape index (κ2) is 6.63. The Morgan fingerprint density at radius 2 is 2.00 bits per heavy atom. The lowest BCUT2D eigenvalue weighted by atomic mass is 10.2. The molecule has 104 valence electrons. The Labute approximate surface area is 117 Å². The number of fused-ring (bicyclic) bond motifs is 1. The van der Waals surface area contributed by atoms with Gasteiger partial charge in [0.25, 0.3) is 0 Å². The van der Waals surface area contributed by atoms with Crippen molar-refractivity contribution in [1.82, 2.24) is 0 Å². The molecule has 1 aliphatic heterocycles. The highest BCUT2D eigenvalue weighted by molar-refractivity contribution is 6.34. The van der Waals surface area contributed by atoms with Crippen molar-refractivity contribution in [1.29, 1.82) is 0 Å². The first-order valence-electron chi connectivity index (χ1n) is 6.30. The van der Waals surface area contributed by atoms with Crippen molar-refractivity contribution in [3.8, 4) is 11.5 Å². The van der Waals surface area contributed by atoms with Gasteiger partial charge in [-0.1, -0.05) is 18.0 Å². The second-order valence-corrected chi connectivity index (χ2v) is 4.74. The third-order valence-electron chi connectivity index (χ3n) is 2.84. The second-order valence-electron chi connectivity index (χ2n) is 4.33. The van der Waals surface area contributed by atoms with Gasteiger partial charge in [-0.3, -0.25) is 4.79 Å². The van der Waals surface area contributed by atoms with Crippen molar-refractivity contribution in [3.63, 3.8) is 0 Å². The van der Waals surface area contributed by atoms with Crippen LogP contribution in [0.4, 0.5) is 5.69 Å². The van der Waals surface area contributed by atoms with E-state index < -0.39 is 0 Å². The number of hydrogen-bond donors (Lipinski definition) is 2. The van der Waals surface area contributed by atoms with Crippen LogP contribution in [0.25, 0.3) is 0 Å². The van der Waals surface area contributed by atoms with E-state index in [0.717, 1.165) is 19.3 Å². The Hall–Kier alpha value is -1.46. The third-order valence-corrected chi connectivity index (χ3v) is 3.16. The Kier molecular flexibility index (Phi) is 4.87. The summed E-state index contributed by atoms with van der Waals surface area (Å²) in [5, 5.41) is 3.22. The van der Waals surface area contributed by atoms with E-state index in [4.69, 9.17) is 26.8 Å². The molecular formula is C13H17ClN2O3. The largest absolute Gasteiger partial charge is 0.454 e. The first kappa shape index (κ1) is 14.0. The average molecular weight is 285 g/mol. The zero-order valence-electron chi connectivity index (χ0n) is 10.6. The van der Waals surface area contributed by atoms with Crippen LogP contribution in [0.5, 0.6) is 11.5 Å². The minimum Gasteiger partial charge on any atom is -0.454 e. The number of benzene rings is 1. The maximum atomic E-state index is 11.8. The number of carbonyl (C=O) groups excluding carboxylic acids is 1. The molecule has 1 heterocycles. The number of rotatable bonds is 6. The Morgan fingerprint density at radius 1 is 1.26 bits per heavy atom. The molecule has 1 aliphatic rings. The van der Waals surface area contributed by atoms with Crippen LogP contribution in [-0.4, -0.2) is 19.2 Å². The lowest BCUT2D eigenvalue weighted by molar-refractivity contribution is -0.116. The van der Waals surface area contributed by atoms with Crippen LogP contribution in [0, 0.1) is 0 Å². The molecule has 1 amide bonds. The number of unbranched alkanes of at least 4 members (excludes halogenated alkanes) is 2. The quantitative estimate of drug-likeness (QED) is 0.787. The third kappa shape index (κ3) is 3.75. The molecule has 0 aromatic heterocycles. The van der Waals surface area contributed by atoms with E-state index in [1.54, 1.807) is 12.1 Å². The molecule has 0 unspecified atom stereocenters. The molecule has 0 spiro atoms. The van der Waals surface area contributed by atoms with Crippen molar-refractivity contribution in [2.75, 3.05) is 18.7 Å². The van der Waals surface area contributed by atoms with E-state index in [0.29, 0.717) is 35.2 Å². The Balaban J connectivity index is 1.90. The SMILES string of the molecule is NCCCCCC(=O)Nc1cc2c(cc1Cl)OCO2. The van der Waals surface area contributed by atoms with E-state index in [1.807, 2.05) is 0 Å². The summed E-state index contributed by atoms with van der Waals surface area (Å²) in [6.07, 6.45) is 3.19. The average Bonchev–Trinajstić information content (AvgIpc) is 2.82. The van der Waals surface area contributed by atoms with Crippen LogP contribution in [0.1, 0.15) is 25.7 Å². The molecule has 5 nitrogen and oxygen atoms in total. The van der Waals surface area contributed by atoms with Gasteiger partial charge in [-0.15, -0.1) is 0 Å². The fourth-order valence-electron chi connectivity index (χ4n) is 1.83. The summed E-state index contributed by atoms with van der Waals surface area (Å²) in [6.45, 7) is 0.845. The van der Waals surface area contributed by atoms with Gasteiger partial charge >= 0.3 is 0 Å². The molecule has 0 radical (unpaired) electrons. The summed E-state index contributed by atoms with van der Waals surface area (Å²) in [6, 6.07) is 3.33. The molecule has 0 saturated heterocycles. The van der Waals surface area contributed by atoms with Crippen LogP contribution in [-0.2, 0) is 4.79 Å². The summed E-state index contributed by atoms with van der Waals surface area (Å²) in [5.74, 6) is 1.14. The van der Waals surface area contributed by atoms with Gasteiger partial charge in [0.05, 0.1) is 10.7 Å². The van der Waals surface area contributed by atoms with Gasteiger partial charge < -0.3 is 20.5 Å². The maximum absolute atomic E-state index is 11.8. The first-order chi connectivity index (χ1) is 9.20. The number of carbonyl (C=O) groups is 1. The first-order valence-corrected chi connectivity index (χ1v) is 6.67. The van der Waals surface area contributed by atoms with Crippen LogP contribution in [0.3, 0.4) is 0 Å². The van der Waals surface area contributed by atoms with Gasteiger partial charge in [0.15, 0.2) is 11.5 Å². The number of nitrogens with two attached hydrogens (primary N) is 1. The van der Waals surface area contributed by atoms with Gasteiger partial charge in [-0.2, -0.15) is 0 Å². The molecule has 19 heavy (non-hydrogen) atoms. The van der Waals surface area contributed by atoms with Crippen LogP contribution in [0.2, 0.25) is 5.02 Å². The molecule has 3 N–H and O–H groups in total. The predicted octanol–water partition coefficient (Wildman–Crippen LogP) is 2.53. The Bertz CT molecular complexity index is 465. The normalized spacial score (nSPS) is 12.5. The summed E-state index contributed by atoms with van der Waals surface area (Å²) in [4.78, 5) is 11.8. The molecule has 1 aromatic carbocycles. The number of nitrogens with one attached hydrogen (secondary N) is 1. The molecule has 2 rings (SSSR count). The standard InChI is InChI=1S/C13H17ClN2O3/c14-9-6-11-12(19-8-18-11)7-10(9)16-13(17)4-2-1-3-5-15/h6-7H,1-5,8,15H2,(H,16,17). The van der Waals surface area contributed by atoms with E-state index in [9.17, 15) is 4.79 Å². The van der Waals surface area contributed by atoms with Gasteiger partial charge in [0, 0.05) is 18.6 Å². The number of anilines is 1. The lowest BCUT2D eigenvalue weighted by Gasteiger charge is -2.08. The van der Waals surface area contributed by atoms with E-state index >= 15 is 0 Å². The molecule has 0 bridgehead atoms. The molecule has 0 fully saturated rings. The highest BCUT2D eigenvalue weighted by atomic mass is 35.5.